The van der Waals surface area contributed by atoms with Crippen LogP contribution in [0.3, 0.4) is 0 Å². The van der Waals surface area contributed by atoms with Crippen LogP contribution in [0.2, 0.25) is 0 Å². The Kier molecular flexibility index (Phi) is 23.7. The number of hydrogen-bond donors (Lipinski definition) is 4. The van der Waals surface area contributed by atoms with Crippen molar-refractivity contribution in [3.05, 3.63) is 456 Å². The molecule has 9 nitrogen and oxygen atoms in total. The van der Waals surface area contributed by atoms with E-state index in [0.29, 0.717) is 18.9 Å². The lowest BCUT2D eigenvalue weighted by Gasteiger charge is -2.08. The summed E-state index contributed by atoms with van der Waals surface area (Å²) in [5, 5.41) is 38.6. The van der Waals surface area contributed by atoms with Crippen LogP contribution in [0.5, 0.6) is 5.75 Å². The third-order valence-corrected chi connectivity index (χ3v) is 23.4. The van der Waals surface area contributed by atoms with Gasteiger partial charge in [0.2, 0.25) is 0 Å². The van der Waals surface area contributed by atoms with Gasteiger partial charge in [0.05, 0.1) is 44.1 Å². The van der Waals surface area contributed by atoms with Crippen LogP contribution in [-0.2, 0) is 0 Å². The number of hydrogen-bond acceptors (Lipinski definition) is 4. The second-order valence-corrected chi connectivity index (χ2v) is 32.1. The van der Waals surface area contributed by atoms with Crippen molar-refractivity contribution in [3.8, 4) is 61.9 Å². The summed E-state index contributed by atoms with van der Waals surface area (Å²) in [5.41, 5.74) is 24.6. The first-order valence-electron chi connectivity index (χ1n) is 40.2. The molecule has 122 heavy (non-hydrogen) atoms. The van der Waals surface area contributed by atoms with E-state index in [9.17, 15) is 0 Å². The monoisotopic (exact) mass is 1770 g/mol. The van der Waals surface area contributed by atoms with E-state index < -0.39 is 7.12 Å². The topological polar surface area (TPSA) is 105 Å². The Morgan fingerprint density at radius 2 is 0.500 bits per heavy atom. The average Bonchev–Trinajstić information content (AvgIpc) is 1.60. The fourth-order valence-corrected chi connectivity index (χ4v) is 17.4. The molecule has 5 aromatic heterocycles. The van der Waals surface area contributed by atoms with Gasteiger partial charge in [-0.05, 0) is 215 Å². The highest BCUT2D eigenvalue weighted by atomic mass is 79.9. The molecule has 18 aromatic carbocycles. The van der Waals surface area contributed by atoms with Crippen LogP contribution < -0.4 is 10.1 Å². The minimum absolute atomic E-state index is 0.525. The molecule has 0 saturated carbocycles. The Balaban J connectivity index is 0.000000103. The second-order valence-electron chi connectivity index (χ2n) is 29.4. The van der Waals surface area contributed by atoms with E-state index in [0.717, 1.165) is 40.9 Å². The highest BCUT2D eigenvalue weighted by molar-refractivity contribution is 9.11. The van der Waals surface area contributed by atoms with Crippen LogP contribution in [0.4, 0.5) is 0 Å². The molecule has 23 aromatic rings. The summed E-state index contributed by atoms with van der Waals surface area (Å²) in [6, 6.07) is 153. The van der Waals surface area contributed by atoms with Gasteiger partial charge in [0.25, 0.3) is 0 Å². The molecule has 5 heterocycles. The van der Waals surface area contributed by atoms with Gasteiger partial charge in [-0.15, -0.1) is 0 Å². The summed E-state index contributed by atoms with van der Waals surface area (Å²) >= 11 is 10.7. The van der Waals surface area contributed by atoms with Crippen LogP contribution >= 0.6 is 47.8 Å². The third kappa shape index (κ3) is 16.7. The van der Waals surface area contributed by atoms with E-state index in [1.807, 2.05) is 60.7 Å². The van der Waals surface area contributed by atoms with Gasteiger partial charge in [-0.1, -0.05) is 315 Å². The lowest BCUT2D eigenvalue weighted by Crippen LogP contribution is -2.29. The number of H-pyrrole nitrogens is 1. The predicted molar refractivity (Wildman–Crippen MR) is 523 cm³/mol. The van der Waals surface area contributed by atoms with Gasteiger partial charge in [0.1, 0.15) is 5.75 Å². The molecular formula is C108H77B2Br3N5O4. The first-order valence-corrected chi connectivity index (χ1v) is 42.6. The van der Waals surface area contributed by atoms with Crippen LogP contribution in [-0.4, -0.2) is 53.1 Å². The van der Waals surface area contributed by atoms with E-state index in [4.69, 9.17) is 19.7 Å². The molecule has 0 spiro atoms. The zero-order valence-electron chi connectivity index (χ0n) is 66.0. The number of aromatic amines is 1. The van der Waals surface area contributed by atoms with Gasteiger partial charge in [-0.25, -0.2) is 0 Å². The minimum atomic E-state index is -1.34. The lowest BCUT2D eigenvalue weighted by atomic mass is 9.81. The van der Waals surface area contributed by atoms with Crippen molar-refractivity contribution in [3.63, 3.8) is 0 Å². The molecule has 23 rings (SSSR count). The SMILES string of the molecule is Brc1ccc2[nH]c3ccccc3c2c1.Brc1ccc2c(c1)c1cc(-c3ccccc3)ccc1n2-c1ccccc1.Brc1ccc2c(c1)c1ccccc1n2-c1ccccc1.OB(O)c1ccccc1.O[B]Oc1ccc2c(c1)c1cc(-c3ccccc3)ccc1n2-c1ccccc1.c1ccc(-c2ccc3c(c2)c2ccccc2n3-c2ccccc2)cc1. The van der Waals surface area contributed by atoms with Crippen molar-refractivity contribution in [2.24, 2.45) is 0 Å². The number of rotatable bonds is 10. The molecular weight excluding hydrogens is 1690 g/mol. The zero-order chi connectivity index (χ0) is 82.8. The summed E-state index contributed by atoms with van der Waals surface area (Å²) in [6.45, 7) is 0. The molecule has 0 aliphatic rings. The number of nitrogens with one attached hydrogen (secondary N) is 1. The molecule has 0 aliphatic carbocycles. The standard InChI is InChI=1S/C24H17BNO2.C24H16BrN.C24H17N.C18H12BrN.C12H8BrN.C6H7BO2/c27-25-28-20-12-14-24-22(16-20)21-15-18(17-7-3-1-4-8-17)11-13-23(21)26(24)19-9-5-2-6-10-19;25-19-12-14-24-22(16-19)21-15-18(17-7-3-1-4-8-17)11-13-23(21)26(24)20-9-5-2-6-10-20;1-3-9-18(10-4-1)19-15-16-24-22(17-19)21-13-7-8-14-23(21)25(24)20-11-5-2-6-12-20;19-13-10-11-18-16(12-13)15-8-4-5-9-17(15)20(18)14-6-2-1-3-7-14;13-8-5-6-12-10(7-8)9-3-1-2-4-11(9)14-12;8-7(9)6-4-2-1-3-5-6/h1-16,27H;1-16H;1-17H;1-12H;1-7,14H;1-5,8-9H. The van der Waals surface area contributed by atoms with E-state index in [1.54, 1.807) is 24.3 Å². The fraction of sp³-hybridized carbons (Fsp3) is 0. The summed E-state index contributed by atoms with van der Waals surface area (Å²) in [4.78, 5) is 3.38. The Morgan fingerprint density at radius 1 is 0.230 bits per heavy atom. The van der Waals surface area contributed by atoms with Crippen molar-refractivity contribution in [1.29, 1.82) is 0 Å². The van der Waals surface area contributed by atoms with Crippen LogP contribution in [0.15, 0.2) is 456 Å². The maximum absolute atomic E-state index is 9.03. The van der Waals surface area contributed by atoms with Gasteiger partial charge in [-0.3, -0.25) is 0 Å². The largest absolute Gasteiger partial charge is 0.569 e. The van der Waals surface area contributed by atoms with Crippen LogP contribution in [0, 0.1) is 0 Å². The van der Waals surface area contributed by atoms with Gasteiger partial charge in [0, 0.05) is 101 Å². The van der Waals surface area contributed by atoms with Gasteiger partial charge >= 0.3 is 14.8 Å². The quantitative estimate of drug-likeness (QED) is 0.102. The Labute approximate surface area is 732 Å². The Hall–Kier alpha value is -13.8. The van der Waals surface area contributed by atoms with E-state index in [-0.39, 0.29) is 0 Å². The van der Waals surface area contributed by atoms with E-state index >= 15 is 0 Å². The van der Waals surface area contributed by atoms with Crippen LogP contribution in [0.1, 0.15) is 0 Å². The zero-order valence-corrected chi connectivity index (χ0v) is 70.7. The Bertz CT molecular complexity index is 7580. The third-order valence-electron chi connectivity index (χ3n) is 21.9. The van der Waals surface area contributed by atoms with Crippen molar-refractivity contribution in [2.45, 2.75) is 0 Å². The number of fused-ring (bicyclic) bond motifs is 15. The minimum Gasteiger partial charge on any atom is -0.537 e. The highest BCUT2D eigenvalue weighted by Gasteiger charge is 2.19. The predicted octanol–water partition coefficient (Wildman–Crippen LogP) is 28.0. The lowest BCUT2D eigenvalue weighted by molar-refractivity contribution is 0.425. The van der Waals surface area contributed by atoms with Gasteiger partial charge in [-0.2, -0.15) is 0 Å². The Morgan fingerprint density at radius 3 is 0.877 bits per heavy atom. The molecule has 0 aliphatic heterocycles. The maximum atomic E-state index is 9.03. The summed E-state index contributed by atoms with van der Waals surface area (Å²) in [7, 11) is -0.626. The molecule has 0 fully saturated rings. The molecule has 585 valence electrons. The summed E-state index contributed by atoms with van der Waals surface area (Å²) in [6.07, 6.45) is 0. The maximum Gasteiger partial charge on any atom is 0.569 e. The molecule has 0 saturated heterocycles. The molecule has 0 unspecified atom stereocenters. The number of benzene rings is 18. The summed E-state index contributed by atoms with van der Waals surface area (Å²) < 4.78 is 17.8. The number of halogens is 3. The normalized spacial score (nSPS) is 11.0. The number of aromatic nitrogens is 5. The summed E-state index contributed by atoms with van der Waals surface area (Å²) in [5.74, 6) is 0.604. The van der Waals surface area contributed by atoms with E-state index in [1.165, 1.54) is 138 Å². The number of nitrogens with zero attached hydrogens (tertiary/aromatic N) is 4. The van der Waals surface area contributed by atoms with Crippen molar-refractivity contribution >= 4 is 177 Å². The number of para-hydroxylation sites is 7. The second kappa shape index (κ2) is 36.4. The van der Waals surface area contributed by atoms with Gasteiger partial charge < -0.3 is 43.0 Å². The average molecular weight is 1770 g/mol. The first kappa shape index (κ1) is 79.3. The first-order chi connectivity index (χ1) is 60.1. The molecule has 0 amide bonds. The molecule has 14 heteroatoms. The fourth-order valence-electron chi connectivity index (χ4n) is 16.3. The highest BCUT2D eigenvalue weighted by Crippen LogP contribution is 2.41. The molecule has 0 bridgehead atoms. The smallest absolute Gasteiger partial charge is 0.537 e. The van der Waals surface area contributed by atoms with Crippen molar-refractivity contribution in [1.82, 2.24) is 23.3 Å². The molecule has 1 radical (unpaired) electrons. The van der Waals surface area contributed by atoms with Crippen LogP contribution in [0.25, 0.3) is 165 Å². The van der Waals surface area contributed by atoms with E-state index in [2.05, 4.69) is 429 Å². The van der Waals surface area contributed by atoms with Gasteiger partial charge in [0.15, 0.2) is 0 Å². The van der Waals surface area contributed by atoms with Crippen molar-refractivity contribution < 1.29 is 19.7 Å². The molecule has 0 atom stereocenters. The van der Waals surface area contributed by atoms with Crippen molar-refractivity contribution in [2.75, 3.05) is 0 Å². The molecule has 4 N–H and O–H groups in total.